The molecule has 0 saturated heterocycles. The molecule has 0 aromatic heterocycles. The van der Waals surface area contributed by atoms with Gasteiger partial charge in [-0.2, -0.15) is 0 Å². The molecule has 0 radical (unpaired) electrons. The second kappa shape index (κ2) is 6.30. The van der Waals surface area contributed by atoms with Gasteiger partial charge in [-0.25, -0.2) is 4.39 Å². The van der Waals surface area contributed by atoms with E-state index in [1.807, 2.05) is 31.2 Å². The van der Waals surface area contributed by atoms with Crippen LogP contribution in [0, 0.1) is 12.7 Å². The van der Waals surface area contributed by atoms with Gasteiger partial charge >= 0.3 is 0 Å². The van der Waals surface area contributed by atoms with Crippen LogP contribution in [0.2, 0.25) is 0 Å². The highest BCUT2D eigenvalue weighted by molar-refractivity contribution is 5.94. The topological polar surface area (TPSA) is 49.3 Å². The molecule has 2 N–H and O–H groups in total. The van der Waals surface area contributed by atoms with Crippen LogP contribution in [0.3, 0.4) is 0 Å². The number of halogens is 1. The molecule has 0 aliphatic rings. The van der Waals surface area contributed by atoms with Gasteiger partial charge in [0.25, 0.3) is 5.91 Å². The van der Waals surface area contributed by atoms with E-state index in [4.69, 9.17) is 0 Å². The summed E-state index contributed by atoms with van der Waals surface area (Å²) in [5.41, 5.74) is 2.22. The van der Waals surface area contributed by atoms with Crippen LogP contribution in [-0.4, -0.2) is 17.6 Å². The molecule has 0 fully saturated rings. The van der Waals surface area contributed by atoms with Gasteiger partial charge in [-0.3, -0.25) is 4.79 Å². The predicted octanol–water partition coefficient (Wildman–Crippen LogP) is 2.60. The minimum Gasteiger partial charge on any atom is -0.387 e. The zero-order chi connectivity index (χ0) is 14.5. The summed E-state index contributed by atoms with van der Waals surface area (Å²) < 4.78 is 12.7. The molecule has 2 aromatic carbocycles. The fourth-order valence-corrected chi connectivity index (χ4v) is 1.80. The Morgan fingerprint density at radius 2 is 1.75 bits per heavy atom. The molecule has 1 atom stereocenters. The Balaban J connectivity index is 1.92. The summed E-state index contributed by atoms with van der Waals surface area (Å²) >= 11 is 0. The second-order valence-electron chi connectivity index (χ2n) is 4.64. The van der Waals surface area contributed by atoms with Crippen LogP contribution >= 0.6 is 0 Å². The number of carbonyl (C=O) groups excluding carboxylic acids is 1. The predicted molar refractivity (Wildman–Crippen MR) is 74.9 cm³/mol. The van der Waals surface area contributed by atoms with Crippen LogP contribution < -0.4 is 5.32 Å². The van der Waals surface area contributed by atoms with Crippen molar-refractivity contribution in [3.63, 3.8) is 0 Å². The van der Waals surface area contributed by atoms with Gasteiger partial charge in [0, 0.05) is 12.1 Å². The van der Waals surface area contributed by atoms with Gasteiger partial charge in [0.1, 0.15) is 5.82 Å². The minimum atomic E-state index is -0.764. The number of rotatable bonds is 4. The van der Waals surface area contributed by atoms with Gasteiger partial charge in [0.2, 0.25) is 0 Å². The standard InChI is InChI=1S/C16H16FNO2/c1-11-2-4-12(5-3-11)15(19)10-18-16(20)13-6-8-14(17)9-7-13/h2-9,15,19H,10H2,1H3,(H,18,20). The summed E-state index contributed by atoms with van der Waals surface area (Å²) in [6, 6.07) is 12.7. The zero-order valence-corrected chi connectivity index (χ0v) is 11.1. The molecule has 0 aliphatic heterocycles. The van der Waals surface area contributed by atoms with Gasteiger partial charge in [-0.15, -0.1) is 0 Å². The van der Waals surface area contributed by atoms with Crippen LogP contribution in [0.5, 0.6) is 0 Å². The van der Waals surface area contributed by atoms with Crippen molar-refractivity contribution in [2.24, 2.45) is 0 Å². The number of aliphatic hydroxyl groups is 1. The Kier molecular flexibility index (Phi) is 4.48. The highest BCUT2D eigenvalue weighted by Gasteiger charge is 2.10. The van der Waals surface area contributed by atoms with Crippen LogP contribution in [0.25, 0.3) is 0 Å². The number of nitrogens with one attached hydrogen (secondary N) is 1. The quantitative estimate of drug-likeness (QED) is 0.899. The first-order chi connectivity index (χ1) is 9.56. The summed E-state index contributed by atoms with van der Waals surface area (Å²) in [5.74, 6) is -0.725. The molecule has 104 valence electrons. The summed E-state index contributed by atoms with van der Waals surface area (Å²) in [6.07, 6.45) is -0.764. The van der Waals surface area contributed by atoms with E-state index in [2.05, 4.69) is 5.32 Å². The Morgan fingerprint density at radius 1 is 1.15 bits per heavy atom. The third kappa shape index (κ3) is 3.65. The maximum absolute atomic E-state index is 12.7. The Labute approximate surface area is 117 Å². The lowest BCUT2D eigenvalue weighted by Crippen LogP contribution is -2.28. The number of carbonyl (C=O) groups is 1. The van der Waals surface area contributed by atoms with Gasteiger partial charge in [0.15, 0.2) is 0 Å². The monoisotopic (exact) mass is 273 g/mol. The van der Waals surface area contributed by atoms with Crippen LogP contribution in [0.4, 0.5) is 4.39 Å². The number of benzene rings is 2. The number of hydrogen-bond acceptors (Lipinski definition) is 2. The number of aryl methyl sites for hydroxylation is 1. The molecule has 0 saturated carbocycles. The first kappa shape index (κ1) is 14.2. The van der Waals surface area contributed by atoms with E-state index in [1.165, 1.54) is 24.3 Å². The fraction of sp³-hybridized carbons (Fsp3) is 0.188. The lowest BCUT2D eigenvalue weighted by molar-refractivity contribution is 0.0916. The molecule has 2 rings (SSSR count). The highest BCUT2D eigenvalue weighted by Crippen LogP contribution is 2.13. The molecule has 2 aromatic rings. The fourth-order valence-electron chi connectivity index (χ4n) is 1.80. The molecule has 1 amide bonds. The summed E-state index contributed by atoms with van der Waals surface area (Å²) in [5, 5.41) is 12.6. The van der Waals surface area contributed by atoms with E-state index in [-0.39, 0.29) is 18.3 Å². The Bertz CT molecular complexity index is 578. The normalized spacial score (nSPS) is 11.9. The SMILES string of the molecule is Cc1ccc(C(O)CNC(=O)c2ccc(F)cc2)cc1. The van der Waals surface area contributed by atoms with E-state index in [1.54, 1.807) is 0 Å². The highest BCUT2D eigenvalue weighted by atomic mass is 19.1. The number of aliphatic hydroxyl groups excluding tert-OH is 1. The van der Waals surface area contributed by atoms with Gasteiger partial charge in [-0.1, -0.05) is 29.8 Å². The smallest absolute Gasteiger partial charge is 0.251 e. The van der Waals surface area contributed by atoms with Crippen LogP contribution in [0.15, 0.2) is 48.5 Å². The minimum absolute atomic E-state index is 0.110. The molecule has 20 heavy (non-hydrogen) atoms. The van der Waals surface area contributed by atoms with Crippen molar-refractivity contribution in [2.75, 3.05) is 6.54 Å². The molecule has 0 aliphatic carbocycles. The van der Waals surface area contributed by atoms with Gasteiger partial charge in [-0.05, 0) is 36.8 Å². The zero-order valence-electron chi connectivity index (χ0n) is 11.1. The molecule has 0 bridgehead atoms. The first-order valence-electron chi connectivity index (χ1n) is 6.34. The molecular formula is C16H16FNO2. The van der Waals surface area contributed by atoms with E-state index in [0.29, 0.717) is 5.56 Å². The molecule has 1 unspecified atom stereocenters. The van der Waals surface area contributed by atoms with Gasteiger partial charge in [0.05, 0.1) is 6.10 Å². The summed E-state index contributed by atoms with van der Waals surface area (Å²) in [6.45, 7) is 2.08. The molecule has 4 heteroatoms. The van der Waals surface area contributed by atoms with Crippen molar-refractivity contribution in [3.8, 4) is 0 Å². The molecule has 3 nitrogen and oxygen atoms in total. The third-order valence-electron chi connectivity index (χ3n) is 3.02. The Hall–Kier alpha value is -2.20. The van der Waals surface area contributed by atoms with Crippen molar-refractivity contribution >= 4 is 5.91 Å². The van der Waals surface area contributed by atoms with Crippen molar-refractivity contribution in [1.82, 2.24) is 5.32 Å². The molecule has 0 spiro atoms. The Morgan fingerprint density at radius 3 is 2.35 bits per heavy atom. The van der Waals surface area contributed by atoms with Crippen LogP contribution in [-0.2, 0) is 0 Å². The number of amides is 1. The lowest BCUT2D eigenvalue weighted by atomic mass is 10.1. The third-order valence-corrected chi connectivity index (χ3v) is 3.02. The number of hydrogen-bond donors (Lipinski definition) is 2. The van der Waals surface area contributed by atoms with Crippen molar-refractivity contribution < 1.29 is 14.3 Å². The van der Waals surface area contributed by atoms with Crippen molar-refractivity contribution in [1.29, 1.82) is 0 Å². The largest absolute Gasteiger partial charge is 0.387 e. The summed E-state index contributed by atoms with van der Waals surface area (Å²) in [4.78, 5) is 11.8. The van der Waals surface area contributed by atoms with E-state index < -0.39 is 6.10 Å². The second-order valence-corrected chi connectivity index (χ2v) is 4.64. The van der Waals surface area contributed by atoms with Crippen molar-refractivity contribution in [2.45, 2.75) is 13.0 Å². The average Bonchev–Trinajstić information content (AvgIpc) is 2.46. The van der Waals surface area contributed by atoms with E-state index >= 15 is 0 Å². The maximum atomic E-state index is 12.7. The van der Waals surface area contributed by atoms with E-state index in [9.17, 15) is 14.3 Å². The lowest BCUT2D eigenvalue weighted by Gasteiger charge is -2.12. The molecule has 0 heterocycles. The molecular weight excluding hydrogens is 257 g/mol. The first-order valence-corrected chi connectivity index (χ1v) is 6.34. The summed E-state index contributed by atoms with van der Waals surface area (Å²) in [7, 11) is 0. The van der Waals surface area contributed by atoms with Gasteiger partial charge < -0.3 is 10.4 Å². The van der Waals surface area contributed by atoms with Crippen LogP contribution in [0.1, 0.15) is 27.6 Å². The average molecular weight is 273 g/mol. The maximum Gasteiger partial charge on any atom is 0.251 e. The van der Waals surface area contributed by atoms with Crippen molar-refractivity contribution in [3.05, 3.63) is 71.0 Å². The van der Waals surface area contributed by atoms with E-state index in [0.717, 1.165) is 11.1 Å².